The summed E-state index contributed by atoms with van der Waals surface area (Å²) in [6, 6.07) is 2.42. The maximum absolute atomic E-state index is 12.9. The number of carbonyl (C=O) groups excluding carboxylic acids is 1. The molecular weight excluding hydrogens is 264 g/mol. The van der Waals surface area contributed by atoms with E-state index in [9.17, 15) is 22.4 Å². The Hall–Kier alpha value is -1.63. The highest BCUT2D eigenvalue weighted by Crippen LogP contribution is 2.32. The molecule has 3 nitrogen and oxygen atoms in total. The van der Waals surface area contributed by atoms with Crippen molar-refractivity contribution in [2.45, 2.75) is 12.7 Å². The van der Waals surface area contributed by atoms with Crippen LogP contribution in [0.25, 0.3) is 0 Å². The van der Waals surface area contributed by atoms with Gasteiger partial charge in [0.1, 0.15) is 5.82 Å². The van der Waals surface area contributed by atoms with E-state index in [0.29, 0.717) is 19.2 Å². The van der Waals surface area contributed by atoms with E-state index >= 15 is 0 Å². The van der Waals surface area contributed by atoms with E-state index in [1.807, 2.05) is 0 Å². The lowest BCUT2D eigenvalue weighted by molar-refractivity contribution is -0.138. The first-order valence-electron chi connectivity index (χ1n) is 5.72. The van der Waals surface area contributed by atoms with Crippen LogP contribution in [0, 0.1) is 11.7 Å². The van der Waals surface area contributed by atoms with Gasteiger partial charge in [-0.25, -0.2) is 4.39 Å². The molecule has 2 N–H and O–H groups in total. The van der Waals surface area contributed by atoms with E-state index in [1.54, 1.807) is 0 Å². The summed E-state index contributed by atoms with van der Waals surface area (Å²) >= 11 is 0. The van der Waals surface area contributed by atoms with Crippen molar-refractivity contribution in [3.05, 3.63) is 35.1 Å². The molecule has 0 unspecified atom stereocenters. The van der Waals surface area contributed by atoms with E-state index in [1.165, 1.54) is 0 Å². The summed E-state index contributed by atoms with van der Waals surface area (Å²) in [5.41, 5.74) is -1.20. The average Bonchev–Trinajstić information content (AvgIpc) is 2.23. The van der Waals surface area contributed by atoms with Crippen molar-refractivity contribution in [1.82, 2.24) is 10.6 Å². The van der Waals surface area contributed by atoms with Crippen LogP contribution in [0.15, 0.2) is 18.2 Å². The molecular formula is C12H12F4N2O. The molecule has 0 bridgehead atoms. The summed E-state index contributed by atoms with van der Waals surface area (Å²) in [6.07, 6.45) is -4.64. The fourth-order valence-corrected chi connectivity index (χ4v) is 1.77. The minimum atomic E-state index is -4.64. The van der Waals surface area contributed by atoms with Crippen LogP contribution < -0.4 is 10.6 Å². The lowest BCUT2D eigenvalue weighted by Crippen LogP contribution is -2.50. The summed E-state index contributed by atoms with van der Waals surface area (Å²) in [5.74, 6) is -1.45. The molecule has 1 aliphatic rings. The Kier molecular flexibility index (Phi) is 3.75. The largest absolute Gasteiger partial charge is 0.416 e. The van der Waals surface area contributed by atoms with Crippen LogP contribution >= 0.6 is 0 Å². The Balaban J connectivity index is 2.09. The molecule has 0 saturated carbocycles. The summed E-state index contributed by atoms with van der Waals surface area (Å²) in [4.78, 5) is 11.5. The topological polar surface area (TPSA) is 41.1 Å². The van der Waals surface area contributed by atoms with Crippen LogP contribution in [0.1, 0.15) is 11.1 Å². The van der Waals surface area contributed by atoms with E-state index in [-0.39, 0.29) is 23.9 Å². The number of hydrogen-bond acceptors (Lipinski definition) is 2. The third kappa shape index (κ3) is 3.23. The zero-order chi connectivity index (χ0) is 14.0. The Morgan fingerprint density at radius 2 is 2.05 bits per heavy atom. The standard InChI is InChI=1S/C12H12F4N2O/c13-9-2-1-7(10(3-9)12(14,15)16)6-18-11(19)8-4-17-5-8/h1-3,8,17H,4-6H2,(H,18,19). The first kappa shape index (κ1) is 13.8. The number of amides is 1. The van der Waals surface area contributed by atoms with Gasteiger partial charge in [-0.2, -0.15) is 13.2 Å². The summed E-state index contributed by atoms with van der Waals surface area (Å²) in [5, 5.41) is 5.32. The molecule has 7 heteroatoms. The second-order valence-electron chi connectivity index (χ2n) is 4.37. The fourth-order valence-electron chi connectivity index (χ4n) is 1.77. The highest BCUT2D eigenvalue weighted by Gasteiger charge is 2.34. The van der Waals surface area contributed by atoms with Gasteiger partial charge in [0.05, 0.1) is 11.5 Å². The molecule has 1 heterocycles. The molecule has 1 aromatic carbocycles. The lowest BCUT2D eigenvalue weighted by atomic mass is 10.0. The van der Waals surface area contributed by atoms with Crippen molar-refractivity contribution in [2.24, 2.45) is 5.92 Å². The number of carbonyl (C=O) groups is 1. The van der Waals surface area contributed by atoms with Gasteiger partial charge in [0.2, 0.25) is 5.91 Å². The van der Waals surface area contributed by atoms with Crippen molar-refractivity contribution in [3.8, 4) is 0 Å². The number of alkyl halides is 3. The molecule has 0 aliphatic carbocycles. The Bertz CT molecular complexity index is 483. The van der Waals surface area contributed by atoms with Crippen LogP contribution in [0.4, 0.5) is 17.6 Å². The van der Waals surface area contributed by atoms with Gasteiger partial charge in [0, 0.05) is 19.6 Å². The van der Waals surface area contributed by atoms with Gasteiger partial charge in [0.15, 0.2) is 0 Å². The van der Waals surface area contributed by atoms with Gasteiger partial charge in [0.25, 0.3) is 0 Å². The number of halogens is 4. The van der Waals surface area contributed by atoms with Gasteiger partial charge in [-0.15, -0.1) is 0 Å². The molecule has 1 aliphatic heterocycles. The first-order chi connectivity index (χ1) is 8.88. The molecule has 0 aromatic heterocycles. The van der Waals surface area contributed by atoms with Crippen molar-refractivity contribution < 1.29 is 22.4 Å². The Morgan fingerprint density at radius 3 is 2.58 bits per heavy atom. The molecule has 0 atom stereocenters. The number of nitrogens with one attached hydrogen (secondary N) is 2. The maximum Gasteiger partial charge on any atom is 0.416 e. The quantitative estimate of drug-likeness (QED) is 0.825. The highest BCUT2D eigenvalue weighted by molar-refractivity contribution is 5.80. The van der Waals surface area contributed by atoms with Crippen LogP contribution in [0.5, 0.6) is 0 Å². The Labute approximate surface area is 107 Å². The monoisotopic (exact) mass is 276 g/mol. The fraction of sp³-hybridized carbons (Fsp3) is 0.417. The number of hydrogen-bond donors (Lipinski definition) is 2. The van der Waals surface area contributed by atoms with E-state index in [0.717, 1.165) is 12.1 Å². The SMILES string of the molecule is O=C(NCc1ccc(F)cc1C(F)(F)F)C1CNC1. The molecule has 1 amide bonds. The summed E-state index contributed by atoms with van der Waals surface area (Å²) in [6.45, 7) is 0.799. The predicted molar refractivity (Wildman–Crippen MR) is 59.6 cm³/mol. The second-order valence-corrected chi connectivity index (χ2v) is 4.37. The number of rotatable bonds is 3. The molecule has 104 valence electrons. The maximum atomic E-state index is 12.9. The predicted octanol–water partition coefficient (Wildman–Crippen LogP) is 1.68. The van der Waals surface area contributed by atoms with Gasteiger partial charge in [-0.1, -0.05) is 6.07 Å². The van der Waals surface area contributed by atoms with Crippen molar-refractivity contribution >= 4 is 5.91 Å². The van der Waals surface area contributed by atoms with E-state index in [4.69, 9.17) is 0 Å². The van der Waals surface area contributed by atoms with Gasteiger partial charge >= 0.3 is 6.18 Å². The molecule has 1 saturated heterocycles. The lowest BCUT2D eigenvalue weighted by Gasteiger charge is -2.26. The number of benzene rings is 1. The summed E-state index contributed by atoms with van der Waals surface area (Å²) in [7, 11) is 0. The van der Waals surface area contributed by atoms with Crippen LogP contribution in [-0.4, -0.2) is 19.0 Å². The van der Waals surface area contributed by atoms with Gasteiger partial charge in [-0.05, 0) is 17.7 Å². The molecule has 0 spiro atoms. The summed E-state index contributed by atoms with van der Waals surface area (Å²) < 4.78 is 51.0. The minimum Gasteiger partial charge on any atom is -0.352 e. The van der Waals surface area contributed by atoms with E-state index in [2.05, 4.69) is 10.6 Å². The average molecular weight is 276 g/mol. The molecule has 2 rings (SSSR count). The van der Waals surface area contributed by atoms with Crippen molar-refractivity contribution in [2.75, 3.05) is 13.1 Å². The van der Waals surface area contributed by atoms with Crippen LogP contribution in [-0.2, 0) is 17.5 Å². The van der Waals surface area contributed by atoms with E-state index < -0.39 is 17.6 Å². The molecule has 19 heavy (non-hydrogen) atoms. The zero-order valence-electron chi connectivity index (χ0n) is 9.85. The van der Waals surface area contributed by atoms with Crippen LogP contribution in [0.3, 0.4) is 0 Å². The molecule has 0 radical (unpaired) electrons. The third-order valence-electron chi connectivity index (χ3n) is 2.98. The first-order valence-corrected chi connectivity index (χ1v) is 5.72. The third-order valence-corrected chi connectivity index (χ3v) is 2.98. The molecule has 1 aromatic rings. The van der Waals surface area contributed by atoms with Gasteiger partial charge < -0.3 is 10.6 Å². The van der Waals surface area contributed by atoms with Gasteiger partial charge in [-0.3, -0.25) is 4.79 Å². The zero-order valence-corrected chi connectivity index (χ0v) is 9.85. The van der Waals surface area contributed by atoms with Crippen LogP contribution in [0.2, 0.25) is 0 Å². The van der Waals surface area contributed by atoms with Crippen molar-refractivity contribution in [3.63, 3.8) is 0 Å². The highest BCUT2D eigenvalue weighted by atomic mass is 19.4. The Morgan fingerprint density at radius 1 is 1.37 bits per heavy atom. The molecule has 1 fully saturated rings. The minimum absolute atomic E-state index is 0.144. The second kappa shape index (κ2) is 5.16. The smallest absolute Gasteiger partial charge is 0.352 e. The van der Waals surface area contributed by atoms with Crippen molar-refractivity contribution in [1.29, 1.82) is 0 Å². The normalized spacial score (nSPS) is 16.0.